The summed E-state index contributed by atoms with van der Waals surface area (Å²) in [4.78, 5) is 19.6. The molecule has 0 bridgehead atoms. The van der Waals surface area contributed by atoms with Crippen LogP contribution in [0.25, 0.3) is 0 Å². The monoisotopic (exact) mass is 426 g/mol. The molecule has 3 rings (SSSR count). The van der Waals surface area contributed by atoms with Gasteiger partial charge in [-0.1, -0.05) is 18.2 Å². The van der Waals surface area contributed by atoms with Crippen molar-refractivity contribution in [2.75, 3.05) is 53.9 Å². The van der Waals surface area contributed by atoms with Gasteiger partial charge in [0.25, 0.3) is 5.91 Å². The minimum absolute atomic E-state index is 0.0751. The van der Waals surface area contributed by atoms with Crippen molar-refractivity contribution < 1.29 is 14.3 Å². The number of pyridine rings is 1. The van der Waals surface area contributed by atoms with Crippen molar-refractivity contribution >= 4 is 5.91 Å². The molecule has 7 nitrogen and oxygen atoms in total. The van der Waals surface area contributed by atoms with Gasteiger partial charge in [0.1, 0.15) is 11.3 Å². The summed E-state index contributed by atoms with van der Waals surface area (Å²) in [5, 5.41) is 11.7. The van der Waals surface area contributed by atoms with Gasteiger partial charge in [0.05, 0.1) is 7.11 Å². The Morgan fingerprint density at radius 3 is 2.77 bits per heavy atom. The van der Waals surface area contributed by atoms with Gasteiger partial charge in [-0.05, 0) is 51.5 Å². The highest BCUT2D eigenvalue weighted by Gasteiger charge is 2.26. The van der Waals surface area contributed by atoms with Gasteiger partial charge in [-0.15, -0.1) is 0 Å². The second kappa shape index (κ2) is 11.1. The Bertz CT molecular complexity index is 858. The maximum atomic E-state index is 13.2. The number of nitrogens with zero attached hydrogens (tertiary/aromatic N) is 4. The number of likely N-dealkylation sites (N-methyl/N-ethyl adjacent to an activating group) is 1. The zero-order chi connectivity index (χ0) is 22.2. The van der Waals surface area contributed by atoms with E-state index in [2.05, 4.69) is 15.9 Å². The maximum absolute atomic E-state index is 13.2. The molecule has 1 saturated heterocycles. The van der Waals surface area contributed by atoms with Crippen LogP contribution in [0, 0.1) is 11.1 Å². The standard InChI is InChI=1S/C24H34N4O3/c1-25(2)14-15-27(24(29)22-10-7-13-28(30)19-22)17-20-8-6-12-26(16-20)18-21-9-4-5-11-23(21)31-3/h4-5,7,9-11,13,19-20H,6,8,12,14-18H2,1-3H3/t20-/m0/s1. The van der Waals surface area contributed by atoms with Gasteiger partial charge in [-0.2, -0.15) is 4.73 Å². The van der Waals surface area contributed by atoms with Crippen molar-refractivity contribution in [3.8, 4) is 5.75 Å². The van der Waals surface area contributed by atoms with E-state index in [1.165, 1.54) is 18.0 Å². The van der Waals surface area contributed by atoms with Crippen molar-refractivity contribution in [1.82, 2.24) is 14.7 Å². The molecule has 1 aliphatic heterocycles. The lowest BCUT2D eigenvalue weighted by molar-refractivity contribution is -0.605. The Balaban J connectivity index is 1.67. The molecule has 0 aliphatic carbocycles. The number of carbonyl (C=O) groups is 1. The summed E-state index contributed by atoms with van der Waals surface area (Å²) in [6.45, 7) is 4.97. The normalized spacial score (nSPS) is 17.0. The van der Waals surface area contributed by atoms with Crippen LogP contribution in [0.3, 0.4) is 0 Å². The highest BCUT2D eigenvalue weighted by atomic mass is 16.5. The number of hydrogen-bond acceptors (Lipinski definition) is 5. The van der Waals surface area contributed by atoms with Crippen molar-refractivity contribution in [2.24, 2.45) is 5.92 Å². The van der Waals surface area contributed by atoms with E-state index in [1.54, 1.807) is 19.2 Å². The number of methoxy groups -OCH3 is 1. The molecule has 0 unspecified atom stereocenters. The van der Waals surface area contributed by atoms with E-state index in [0.29, 0.717) is 29.3 Å². The van der Waals surface area contributed by atoms with Gasteiger partial charge >= 0.3 is 0 Å². The van der Waals surface area contributed by atoms with E-state index >= 15 is 0 Å². The molecule has 0 spiro atoms. The van der Waals surface area contributed by atoms with Crippen LogP contribution < -0.4 is 9.47 Å². The van der Waals surface area contributed by atoms with Crippen LogP contribution in [0.5, 0.6) is 5.75 Å². The second-order valence-corrected chi connectivity index (χ2v) is 8.56. The number of aromatic nitrogens is 1. The molecule has 7 heteroatoms. The molecule has 168 valence electrons. The van der Waals surface area contributed by atoms with Gasteiger partial charge in [0.15, 0.2) is 12.4 Å². The largest absolute Gasteiger partial charge is 0.619 e. The number of rotatable bonds is 9. The van der Waals surface area contributed by atoms with Crippen LogP contribution in [-0.2, 0) is 6.54 Å². The van der Waals surface area contributed by atoms with Crippen molar-refractivity contribution in [1.29, 1.82) is 0 Å². The Morgan fingerprint density at radius 2 is 2.03 bits per heavy atom. The average molecular weight is 427 g/mol. The van der Waals surface area contributed by atoms with Gasteiger partial charge in [0.2, 0.25) is 0 Å². The lowest BCUT2D eigenvalue weighted by Crippen LogP contribution is -2.45. The lowest BCUT2D eigenvalue weighted by atomic mass is 9.96. The van der Waals surface area contributed by atoms with Crippen LogP contribution in [-0.4, -0.2) is 74.5 Å². The van der Waals surface area contributed by atoms with Crippen molar-refractivity contribution in [3.05, 3.63) is 65.1 Å². The predicted molar refractivity (Wildman–Crippen MR) is 121 cm³/mol. The lowest BCUT2D eigenvalue weighted by Gasteiger charge is -2.36. The molecule has 0 N–H and O–H groups in total. The summed E-state index contributed by atoms with van der Waals surface area (Å²) in [7, 11) is 5.72. The first-order valence-corrected chi connectivity index (χ1v) is 10.9. The molecule has 0 saturated carbocycles. The summed E-state index contributed by atoms with van der Waals surface area (Å²) in [6, 6.07) is 11.5. The highest BCUT2D eigenvalue weighted by molar-refractivity contribution is 5.93. The third-order valence-corrected chi connectivity index (χ3v) is 5.79. The van der Waals surface area contributed by atoms with E-state index in [9.17, 15) is 10.0 Å². The van der Waals surface area contributed by atoms with Crippen LogP contribution >= 0.6 is 0 Å². The zero-order valence-electron chi connectivity index (χ0n) is 18.9. The Kier molecular flexibility index (Phi) is 8.26. The predicted octanol–water partition coefficient (Wildman–Crippen LogP) is 2.24. The van der Waals surface area contributed by atoms with E-state index in [0.717, 1.165) is 44.8 Å². The Hall–Kier alpha value is -2.64. The number of piperidine rings is 1. The van der Waals surface area contributed by atoms with Crippen molar-refractivity contribution in [2.45, 2.75) is 19.4 Å². The van der Waals surface area contributed by atoms with Crippen molar-refractivity contribution in [3.63, 3.8) is 0 Å². The molecular formula is C24H34N4O3. The van der Waals surface area contributed by atoms with E-state index in [-0.39, 0.29) is 5.91 Å². The summed E-state index contributed by atoms with van der Waals surface area (Å²) in [5.74, 6) is 1.24. The number of amides is 1. The number of hydrogen-bond donors (Lipinski definition) is 0. The summed E-state index contributed by atoms with van der Waals surface area (Å²) in [5.41, 5.74) is 1.63. The molecule has 2 aromatic rings. The fraction of sp³-hybridized carbons (Fsp3) is 0.500. The van der Waals surface area contributed by atoms with Crippen LogP contribution in [0.2, 0.25) is 0 Å². The van der Waals surface area contributed by atoms with Crippen LogP contribution in [0.15, 0.2) is 48.8 Å². The van der Waals surface area contributed by atoms with Gasteiger partial charge < -0.3 is 19.7 Å². The minimum Gasteiger partial charge on any atom is -0.619 e. The third-order valence-electron chi connectivity index (χ3n) is 5.79. The van der Waals surface area contributed by atoms with Gasteiger partial charge in [-0.25, -0.2) is 0 Å². The van der Waals surface area contributed by atoms with E-state index < -0.39 is 0 Å². The summed E-state index contributed by atoms with van der Waals surface area (Å²) >= 11 is 0. The first kappa shape index (κ1) is 23.0. The second-order valence-electron chi connectivity index (χ2n) is 8.56. The Labute approximate surface area is 185 Å². The number of ether oxygens (including phenoxy) is 1. The summed E-state index contributed by atoms with van der Waals surface area (Å²) < 4.78 is 6.20. The Morgan fingerprint density at radius 1 is 1.23 bits per heavy atom. The first-order chi connectivity index (χ1) is 15.0. The molecule has 2 heterocycles. The molecule has 31 heavy (non-hydrogen) atoms. The molecule has 0 radical (unpaired) electrons. The topological polar surface area (TPSA) is 63.0 Å². The average Bonchev–Trinajstić information content (AvgIpc) is 2.76. The maximum Gasteiger partial charge on any atom is 0.260 e. The molecule has 1 aliphatic rings. The molecular weight excluding hydrogens is 392 g/mol. The highest BCUT2D eigenvalue weighted by Crippen LogP contribution is 2.24. The van der Waals surface area contributed by atoms with Crippen LogP contribution in [0.1, 0.15) is 28.8 Å². The molecule has 1 aromatic heterocycles. The fourth-order valence-corrected chi connectivity index (χ4v) is 4.19. The number of carbonyl (C=O) groups excluding carboxylic acids is 1. The van der Waals surface area contributed by atoms with E-state index in [1.807, 2.05) is 37.2 Å². The summed E-state index contributed by atoms with van der Waals surface area (Å²) in [6.07, 6.45) is 4.98. The minimum atomic E-state index is -0.0751. The first-order valence-electron chi connectivity index (χ1n) is 10.9. The smallest absolute Gasteiger partial charge is 0.260 e. The fourth-order valence-electron chi connectivity index (χ4n) is 4.19. The van der Waals surface area contributed by atoms with Gasteiger partial charge in [0, 0.05) is 44.4 Å². The molecule has 1 aromatic carbocycles. The SMILES string of the molecule is COc1ccccc1CN1CCC[C@H](CN(CCN(C)C)C(=O)c2ccc[n+]([O-])c2)C1. The number of likely N-dealkylation sites (tertiary alicyclic amines) is 1. The third kappa shape index (κ3) is 6.67. The quantitative estimate of drug-likeness (QED) is 0.455. The number of benzene rings is 1. The van der Waals surface area contributed by atoms with Crippen LogP contribution in [0.4, 0.5) is 0 Å². The molecule has 1 fully saturated rings. The molecule has 1 atom stereocenters. The van der Waals surface area contributed by atoms with Gasteiger partial charge in [-0.3, -0.25) is 9.69 Å². The zero-order valence-corrected chi connectivity index (χ0v) is 18.9. The number of para-hydroxylation sites is 1. The molecule has 1 amide bonds. The van der Waals surface area contributed by atoms with E-state index in [4.69, 9.17) is 4.74 Å².